The molecule has 1 heterocycles. The van der Waals surface area contributed by atoms with E-state index in [2.05, 4.69) is 61.4 Å². The van der Waals surface area contributed by atoms with Gasteiger partial charge in [0.15, 0.2) is 0 Å². The van der Waals surface area contributed by atoms with Gasteiger partial charge >= 0.3 is 0 Å². The molecule has 0 spiro atoms. The monoisotopic (exact) mass is 288 g/mol. The smallest absolute Gasteiger partial charge is 0.0900 e. The lowest BCUT2D eigenvalue weighted by Gasteiger charge is -2.17. The molecule has 0 radical (unpaired) electrons. The van der Waals surface area contributed by atoms with E-state index < -0.39 is 0 Å². The van der Waals surface area contributed by atoms with E-state index in [-0.39, 0.29) is 0 Å². The molecule has 0 bridgehead atoms. The van der Waals surface area contributed by atoms with Gasteiger partial charge in [-0.05, 0) is 45.2 Å². The van der Waals surface area contributed by atoms with Crippen LogP contribution in [0.4, 0.5) is 0 Å². The highest BCUT2D eigenvalue weighted by Crippen LogP contribution is 2.28. The van der Waals surface area contributed by atoms with E-state index in [4.69, 9.17) is 0 Å². The maximum absolute atomic E-state index is 4.56. The van der Waals surface area contributed by atoms with Gasteiger partial charge in [-0.15, -0.1) is 11.3 Å². The molecule has 0 fully saturated rings. The quantitative estimate of drug-likeness (QED) is 0.815. The Labute approximate surface area is 126 Å². The van der Waals surface area contributed by atoms with E-state index in [1.807, 2.05) is 11.3 Å². The SMILES string of the molecule is CCNC(CCCc1ccccc1)c1sc(C)nc1C. The minimum absolute atomic E-state index is 0.454. The van der Waals surface area contributed by atoms with E-state index in [1.54, 1.807) is 0 Å². The normalized spacial score (nSPS) is 12.6. The van der Waals surface area contributed by atoms with Crippen LogP contribution in [-0.2, 0) is 6.42 Å². The Balaban J connectivity index is 1.94. The Morgan fingerprint density at radius 1 is 1.20 bits per heavy atom. The van der Waals surface area contributed by atoms with Gasteiger partial charge < -0.3 is 5.32 Å². The molecule has 20 heavy (non-hydrogen) atoms. The molecule has 2 nitrogen and oxygen atoms in total. The van der Waals surface area contributed by atoms with Gasteiger partial charge in [-0.2, -0.15) is 0 Å². The fourth-order valence-electron chi connectivity index (χ4n) is 2.60. The van der Waals surface area contributed by atoms with Crippen LogP contribution in [-0.4, -0.2) is 11.5 Å². The topological polar surface area (TPSA) is 24.9 Å². The maximum atomic E-state index is 4.56. The maximum Gasteiger partial charge on any atom is 0.0900 e. The van der Waals surface area contributed by atoms with Crippen molar-refractivity contribution in [3.8, 4) is 0 Å². The van der Waals surface area contributed by atoms with E-state index in [1.165, 1.54) is 34.0 Å². The number of benzene rings is 1. The summed E-state index contributed by atoms with van der Waals surface area (Å²) >= 11 is 1.84. The molecular formula is C17H24N2S. The van der Waals surface area contributed by atoms with Crippen LogP contribution in [0.5, 0.6) is 0 Å². The van der Waals surface area contributed by atoms with Crippen molar-refractivity contribution in [2.24, 2.45) is 0 Å². The fraction of sp³-hybridized carbons (Fsp3) is 0.471. The van der Waals surface area contributed by atoms with Crippen LogP contribution in [0.15, 0.2) is 30.3 Å². The summed E-state index contributed by atoms with van der Waals surface area (Å²) in [7, 11) is 0. The first kappa shape index (κ1) is 15.2. The zero-order chi connectivity index (χ0) is 14.4. The minimum atomic E-state index is 0.454. The van der Waals surface area contributed by atoms with Crippen molar-refractivity contribution in [1.82, 2.24) is 10.3 Å². The lowest BCUT2D eigenvalue weighted by Crippen LogP contribution is -2.20. The molecule has 2 rings (SSSR count). The molecule has 1 atom stereocenters. The molecule has 2 aromatic rings. The van der Waals surface area contributed by atoms with Gasteiger partial charge in [0.25, 0.3) is 0 Å². The van der Waals surface area contributed by atoms with Crippen LogP contribution >= 0.6 is 11.3 Å². The third-order valence-electron chi connectivity index (χ3n) is 3.51. The van der Waals surface area contributed by atoms with Crippen molar-refractivity contribution in [3.63, 3.8) is 0 Å². The van der Waals surface area contributed by atoms with Crippen molar-refractivity contribution in [2.75, 3.05) is 6.54 Å². The molecule has 0 saturated heterocycles. The first-order valence-corrected chi connectivity index (χ1v) is 8.23. The molecule has 0 aliphatic heterocycles. The number of thiazole rings is 1. The molecular weight excluding hydrogens is 264 g/mol. The molecule has 1 aromatic heterocycles. The highest BCUT2D eigenvalue weighted by atomic mass is 32.1. The second-order valence-electron chi connectivity index (χ2n) is 5.17. The second-order valence-corrected chi connectivity index (χ2v) is 6.41. The Hall–Kier alpha value is -1.19. The fourth-order valence-corrected chi connectivity index (χ4v) is 3.64. The third kappa shape index (κ3) is 4.15. The second kappa shape index (κ2) is 7.55. The zero-order valence-electron chi connectivity index (χ0n) is 12.6. The third-order valence-corrected chi connectivity index (χ3v) is 4.69. The van der Waals surface area contributed by atoms with Gasteiger partial charge in [-0.25, -0.2) is 4.98 Å². The van der Waals surface area contributed by atoms with Crippen molar-refractivity contribution < 1.29 is 0 Å². The molecule has 0 aliphatic rings. The Kier molecular flexibility index (Phi) is 5.74. The summed E-state index contributed by atoms with van der Waals surface area (Å²) in [5.41, 5.74) is 2.62. The van der Waals surface area contributed by atoms with Crippen LogP contribution in [0, 0.1) is 13.8 Å². The van der Waals surface area contributed by atoms with E-state index in [9.17, 15) is 0 Å². The number of aryl methyl sites for hydroxylation is 3. The lowest BCUT2D eigenvalue weighted by atomic mass is 10.0. The number of rotatable bonds is 7. The van der Waals surface area contributed by atoms with Gasteiger partial charge in [0, 0.05) is 10.9 Å². The molecule has 3 heteroatoms. The van der Waals surface area contributed by atoms with Crippen molar-refractivity contribution in [3.05, 3.63) is 51.5 Å². The Morgan fingerprint density at radius 3 is 2.55 bits per heavy atom. The summed E-state index contributed by atoms with van der Waals surface area (Å²) in [5.74, 6) is 0. The lowest BCUT2D eigenvalue weighted by molar-refractivity contribution is 0.502. The first-order valence-electron chi connectivity index (χ1n) is 7.42. The molecule has 1 N–H and O–H groups in total. The number of hydrogen-bond acceptors (Lipinski definition) is 3. The predicted octanol–water partition coefficient (Wildman–Crippen LogP) is 4.43. The summed E-state index contributed by atoms with van der Waals surface area (Å²) in [4.78, 5) is 5.97. The minimum Gasteiger partial charge on any atom is -0.309 e. The molecule has 108 valence electrons. The van der Waals surface area contributed by atoms with Gasteiger partial charge in [-0.3, -0.25) is 0 Å². The summed E-state index contributed by atoms with van der Waals surface area (Å²) < 4.78 is 0. The molecule has 1 aromatic carbocycles. The number of hydrogen-bond donors (Lipinski definition) is 1. The van der Waals surface area contributed by atoms with Crippen LogP contribution in [0.25, 0.3) is 0 Å². The van der Waals surface area contributed by atoms with E-state index >= 15 is 0 Å². The Bertz CT molecular complexity index is 519. The average Bonchev–Trinajstić information content (AvgIpc) is 2.78. The van der Waals surface area contributed by atoms with Crippen molar-refractivity contribution in [2.45, 2.75) is 46.1 Å². The first-order chi connectivity index (χ1) is 9.70. The van der Waals surface area contributed by atoms with Gasteiger partial charge in [-0.1, -0.05) is 37.3 Å². The molecule has 0 amide bonds. The molecule has 0 saturated carbocycles. The number of nitrogens with one attached hydrogen (secondary N) is 1. The Morgan fingerprint density at radius 2 is 1.95 bits per heavy atom. The van der Waals surface area contributed by atoms with E-state index in [0.29, 0.717) is 6.04 Å². The predicted molar refractivity (Wildman–Crippen MR) is 87.4 cm³/mol. The largest absolute Gasteiger partial charge is 0.309 e. The summed E-state index contributed by atoms with van der Waals surface area (Å²) in [5, 5.41) is 4.78. The van der Waals surface area contributed by atoms with Gasteiger partial charge in [0.2, 0.25) is 0 Å². The van der Waals surface area contributed by atoms with Crippen LogP contribution in [0.2, 0.25) is 0 Å². The van der Waals surface area contributed by atoms with E-state index in [0.717, 1.165) is 13.0 Å². The highest BCUT2D eigenvalue weighted by Gasteiger charge is 2.16. The summed E-state index contributed by atoms with van der Waals surface area (Å²) in [6.45, 7) is 7.40. The summed E-state index contributed by atoms with van der Waals surface area (Å²) in [6.07, 6.45) is 3.53. The number of nitrogens with zero attached hydrogens (tertiary/aromatic N) is 1. The number of aromatic nitrogens is 1. The molecule has 0 aliphatic carbocycles. The average molecular weight is 288 g/mol. The van der Waals surface area contributed by atoms with Gasteiger partial charge in [0.05, 0.1) is 10.7 Å². The standard InChI is InChI=1S/C17H24N2S/c1-4-18-16(17-13(2)19-14(3)20-17)12-8-11-15-9-6-5-7-10-15/h5-7,9-10,16,18H,4,8,11-12H2,1-3H3. The van der Waals surface area contributed by atoms with Crippen LogP contribution in [0.3, 0.4) is 0 Å². The van der Waals surface area contributed by atoms with Gasteiger partial charge in [0.1, 0.15) is 0 Å². The van der Waals surface area contributed by atoms with Crippen LogP contribution < -0.4 is 5.32 Å². The van der Waals surface area contributed by atoms with Crippen LogP contribution in [0.1, 0.15) is 46.9 Å². The van der Waals surface area contributed by atoms with Crippen molar-refractivity contribution in [1.29, 1.82) is 0 Å². The summed E-state index contributed by atoms with van der Waals surface area (Å²) in [6, 6.07) is 11.2. The zero-order valence-corrected chi connectivity index (χ0v) is 13.5. The van der Waals surface area contributed by atoms with Crippen molar-refractivity contribution >= 4 is 11.3 Å². The molecule has 1 unspecified atom stereocenters. The highest BCUT2D eigenvalue weighted by molar-refractivity contribution is 7.11.